The Morgan fingerprint density at radius 1 is 1.06 bits per heavy atom. The van der Waals surface area contributed by atoms with Crippen LogP contribution in [-0.4, -0.2) is 84.3 Å². The van der Waals surface area contributed by atoms with Crippen molar-refractivity contribution >= 4 is 57.2 Å². The highest BCUT2D eigenvalue weighted by atomic mass is 35.5. The number of alkyl carbamates (subject to hydrolysis) is 1. The molecular formula is C32H44ClN5O9S. The van der Waals surface area contributed by atoms with Gasteiger partial charge in [-0.2, -0.15) is 0 Å². The van der Waals surface area contributed by atoms with Crippen molar-refractivity contribution in [2.75, 3.05) is 11.9 Å². The molecule has 1 aliphatic heterocycles. The lowest BCUT2D eigenvalue weighted by atomic mass is 9.85. The van der Waals surface area contributed by atoms with Crippen LogP contribution in [0.1, 0.15) is 67.2 Å². The second-order valence-corrected chi connectivity index (χ2v) is 16.9. The minimum absolute atomic E-state index is 0.0971. The number of benzene rings is 1. The first kappa shape index (κ1) is 37.0. The minimum atomic E-state index is -3.92. The number of nitrogens with zero attached hydrogens (tertiary/aromatic N) is 1. The Balaban J connectivity index is 1.59. The number of likely N-dealkylation sites (tertiary alicyclic amines) is 1. The van der Waals surface area contributed by atoms with E-state index in [4.69, 9.17) is 21.1 Å². The number of rotatable bonds is 10. The van der Waals surface area contributed by atoms with Gasteiger partial charge in [0, 0.05) is 12.3 Å². The van der Waals surface area contributed by atoms with Gasteiger partial charge in [0.1, 0.15) is 29.3 Å². The van der Waals surface area contributed by atoms with Gasteiger partial charge in [0.15, 0.2) is 0 Å². The third-order valence-corrected chi connectivity index (χ3v) is 10.4. The van der Waals surface area contributed by atoms with Gasteiger partial charge in [0.2, 0.25) is 21.8 Å². The van der Waals surface area contributed by atoms with Gasteiger partial charge in [0.05, 0.1) is 22.5 Å². The molecule has 0 bridgehead atoms. The number of halogens is 1. The first-order chi connectivity index (χ1) is 22.2. The molecule has 4 N–H and O–H groups in total. The van der Waals surface area contributed by atoms with E-state index in [9.17, 15) is 32.4 Å². The molecule has 4 rings (SSSR count). The molecule has 3 fully saturated rings. The first-order valence-corrected chi connectivity index (χ1v) is 17.6. The predicted octanol–water partition coefficient (Wildman–Crippen LogP) is 3.47. The van der Waals surface area contributed by atoms with E-state index >= 15 is 0 Å². The van der Waals surface area contributed by atoms with Crippen molar-refractivity contribution in [3.05, 3.63) is 41.9 Å². The van der Waals surface area contributed by atoms with Crippen molar-refractivity contribution in [3.63, 3.8) is 0 Å². The first-order valence-electron chi connectivity index (χ1n) is 15.7. The maximum atomic E-state index is 14.2. The summed E-state index contributed by atoms with van der Waals surface area (Å²) in [6, 6.07) is 4.05. The van der Waals surface area contributed by atoms with E-state index in [1.807, 2.05) is 0 Å². The molecule has 1 aromatic rings. The van der Waals surface area contributed by atoms with Crippen LogP contribution < -0.4 is 20.7 Å². The SMILES string of the molecule is C=CC1CC1(NC(=O)[C@@H]1C[C@@H](OC(=O)Nc2ccccc2Cl)CN1C(=O)[C@@H](NC(=O)OC(C)(C)C)C(C)(C)C)C(=O)NS(=O)(=O)C1CC1. The number of hydrogen-bond acceptors (Lipinski definition) is 9. The molecule has 14 nitrogen and oxygen atoms in total. The predicted molar refractivity (Wildman–Crippen MR) is 177 cm³/mol. The molecule has 3 aliphatic rings. The Hall–Kier alpha value is -3.85. The van der Waals surface area contributed by atoms with Crippen LogP contribution in [0.5, 0.6) is 0 Å². The highest BCUT2D eigenvalue weighted by Crippen LogP contribution is 2.45. The number of nitrogens with one attached hydrogen (secondary N) is 4. The Bertz CT molecular complexity index is 1580. The van der Waals surface area contributed by atoms with Gasteiger partial charge in [-0.3, -0.25) is 24.4 Å². The summed E-state index contributed by atoms with van der Waals surface area (Å²) in [5.41, 5.74) is -3.03. The lowest BCUT2D eigenvalue weighted by Crippen LogP contribution is -2.60. The van der Waals surface area contributed by atoms with Crippen LogP contribution in [0.3, 0.4) is 0 Å². The van der Waals surface area contributed by atoms with Crippen LogP contribution in [0, 0.1) is 11.3 Å². The number of carbonyl (C=O) groups excluding carboxylic acids is 5. The molecule has 2 aliphatic carbocycles. The zero-order valence-corrected chi connectivity index (χ0v) is 29.5. The molecule has 0 radical (unpaired) electrons. The van der Waals surface area contributed by atoms with E-state index in [-0.39, 0.29) is 30.1 Å². The zero-order valence-electron chi connectivity index (χ0n) is 27.9. The lowest BCUT2D eigenvalue weighted by Gasteiger charge is -2.36. The van der Waals surface area contributed by atoms with E-state index in [0.717, 1.165) is 0 Å². The Labute approximate surface area is 285 Å². The summed E-state index contributed by atoms with van der Waals surface area (Å²) in [6.07, 6.45) is -0.449. The zero-order chi connectivity index (χ0) is 35.8. The molecular weight excluding hydrogens is 666 g/mol. The molecule has 2 unspecified atom stereocenters. The van der Waals surface area contributed by atoms with Crippen molar-refractivity contribution in [1.82, 2.24) is 20.3 Å². The fourth-order valence-corrected chi connectivity index (χ4v) is 7.03. The molecule has 48 heavy (non-hydrogen) atoms. The molecule has 1 heterocycles. The van der Waals surface area contributed by atoms with Crippen LogP contribution in [0.4, 0.5) is 15.3 Å². The number of para-hydroxylation sites is 1. The van der Waals surface area contributed by atoms with Crippen LogP contribution in [-0.2, 0) is 33.9 Å². The van der Waals surface area contributed by atoms with Gasteiger partial charge in [0.25, 0.3) is 5.91 Å². The molecule has 5 amide bonds. The summed E-state index contributed by atoms with van der Waals surface area (Å²) >= 11 is 6.15. The van der Waals surface area contributed by atoms with Crippen molar-refractivity contribution in [2.45, 2.75) is 102 Å². The summed E-state index contributed by atoms with van der Waals surface area (Å²) in [5, 5.41) is 7.44. The second-order valence-electron chi connectivity index (χ2n) is 14.5. The fraction of sp³-hybridized carbons (Fsp3) is 0.594. The van der Waals surface area contributed by atoms with E-state index in [1.54, 1.807) is 65.8 Å². The lowest BCUT2D eigenvalue weighted by molar-refractivity contribution is -0.143. The van der Waals surface area contributed by atoms with Crippen molar-refractivity contribution in [1.29, 1.82) is 0 Å². The molecule has 0 spiro atoms. The molecule has 1 aromatic carbocycles. The quantitative estimate of drug-likeness (QED) is 0.264. The monoisotopic (exact) mass is 709 g/mol. The van der Waals surface area contributed by atoms with Gasteiger partial charge in [-0.25, -0.2) is 18.0 Å². The van der Waals surface area contributed by atoms with Gasteiger partial charge in [-0.05, 0) is 57.6 Å². The summed E-state index contributed by atoms with van der Waals surface area (Å²) < 4.78 is 38.2. The fourth-order valence-electron chi connectivity index (χ4n) is 5.49. The number of ether oxygens (including phenoxy) is 2. The number of amides is 5. The maximum absolute atomic E-state index is 14.2. The maximum Gasteiger partial charge on any atom is 0.412 e. The summed E-state index contributed by atoms with van der Waals surface area (Å²) in [4.78, 5) is 68.3. The Morgan fingerprint density at radius 2 is 1.71 bits per heavy atom. The van der Waals surface area contributed by atoms with Crippen LogP contribution in [0.15, 0.2) is 36.9 Å². The number of hydrogen-bond donors (Lipinski definition) is 4. The Kier molecular flexibility index (Phi) is 10.5. The third-order valence-electron chi connectivity index (χ3n) is 8.26. The van der Waals surface area contributed by atoms with E-state index in [2.05, 4.69) is 27.3 Å². The summed E-state index contributed by atoms with van der Waals surface area (Å²) in [7, 11) is -3.92. The van der Waals surface area contributed by atoms with E-state index in [0.29, 0.717) is 12.8 Å². The topological polar surface area (TPSA) is 189 Å². The highest BCUT2D eigenvalue weighted by molar-refractivity contribution is 7.91. The largest absolute Gasteiger partial charge is 0.444 e. The molecule has 1 saturated heterocycles. The molecule has 264 valence electrons. The van der Waals surface area contributed by atoms with Crippen LogP contribution in [0.25, 0.3) is 0 Å². The van der Waals surface area contributed by atoms with Crippen molar-refractivity contribution in [3.8, 4) is 0 Å². The van der Waals surface area contributed by atoms with Gasteiger partial charge in [-0.15, -0.1) is 6.58 Å². The van der Waals surface area contributed by atoms with Gasteiger partial charge >= 0.3 is 12.2 Å². The van der Waals surface area contributed by atoms with Crippen LogP contribution in [0.2, 0.25) is 5.02 Å². The second kappa shape index (κ2) is 13.6. The minimum Gasteiger partial charge on any atom is -0.444 e. The normalized spacial score (nSPS) is 24.5. The number of carbonyl (C=O) groups is 5. The number of sulfonamides is 1. The van der Waals surface area contributed by atoms with Crippen molar-refractivity contribution < 1.29 is 41.9 Å². The van der Waals surface area contributed by atoms with Crippen LogP contribution >= 0.6 is 11.6 Å². The van der Waals surface area contributed by atoms with Gasteiger partial charge < -0.3 is 25.0 Å². The number of anilines is 1. The molecule has 2 saturated carbocycles. The molecule has 5 atom stereocenters. The van der Waals surface area contributed by atoms with Gasteiger partial charge in [-0.1, -0.05) is 50.6 Å². The molecule has 16 heteroatoms. The van der Waals surface area contributed by atoms with E-state index < -0.39 is 85.8 Å². The van der Waals surface area contributed by atoms with E-state index in [1.165, 1.54) is 11.0 Å². The smallest absolute Gasteiger partial charge is 0.412 e. The highest BCUT2D eigenvalue weighted by Gasteiger charge is 2.62. The standard InChI is InChI=1S/C32H44ClN5O9S/c1-8-18-16-32(18,27(41)37-48(44,45)20-13-14-20)36-25(39)23-15-19(46-28(42)34-22-12-10-9-11-21(22)33)17-38(23)26(40)24(30(2,3)4)35-29(43)47-31(5,6)7/h8-12,18-20,23-24H,1,13-17H2,2-7H3,(H,34,42)(H,35,43)(H,36,39)(H,37,41)/t18?,19-,23+,24-,32?/m1/s1. The molecule has 0 aromatic heterocycles. The third kappa shape index (κ3) is 8.78. The Morgan fingerprint density at radius 3 is 2.25 bits per heavy atom. The van der Waals surface area contributed by atoms with Crippen molar-refractivity contribution in [2.24, 2.45) is 11.3 Å². The summed E-state index contributed by atoms with van der Waals surface area (Å²) in [5.74, 6) is -2.88. The summed E-state index contributed by atoms with van der Waals surface area (Å²) in [6.45, 7) is 13.7. The average Bonchev–Trinajstić information content (AvgIpc) is 3.88. The average molecular weight is 710 g/mol.